The summed E-state index contributed by atoms with van der Waals surface area (Å²) >= 11 is 5.78. The van der Waals surface area contributed by atoms with Crippen LogP contribution in [0.2, 0.25) is 5.02 Å². The second-order valence-electron chi connectivity index (χ2n) is 3.11. The van der Waals surface area contributed by atoms with Gasteiger partial charge in [0.25, 0.3) is 0 Å². The summed E-state index contributed by atoms with van der Waals surface area (Å²) in [4.78, 5) is 0. The molecule has 0 saturated carbocycles. The van der Waals surface area contributed by atoms with E-state index in [-0.39, 0.29) is 10.8 Å². The van der Waals surface area contributed by atoms with Gasteiger partial charge in [0.05, 0.1) is 5.02 Å². The minimum Gasteiger partial charge on any atom is -0.207 e. The summed E-state index contributed by atoms with van der Waals surface area (Å²) in [6.45, 7) is 0. The van der Waals surface area contributed by atoms with Gasteiger partial charge in [-0.3, -0.25) is 0 Å². The number of halogens is 3. The Morgan fingerprint density at radius 3 is 2.40 bits per heavy atom. The second kappa shape index (κ2) is 3.99. The largest absolute Gasteiger partial charge is 0.207 e. The highest BCUT2D eigenvalue weighted by atomic mass is 35.5. The highest BCUT2D eigenvalue weighted by Crippen LogP contribution is 2.29. The molecule has 0 saturated heterocycles. The van der Waals surface area contributed by atoms with Crippen LogP contribution in [0.15, 0.2) is 42.5 Å². The van der Waals surface area contributed by atoms with Crippen LogP contribution in [0.5, 0.6) is 0 Å². The zero-order valence-corrected chi connectivity index (χ0v) is 8.43. The van der Waals surface area contributed by atoms with Gasteiger partial charge in [-0.05, 0) is 23.8 Å². The molecule has 0 bridgehead atoms. The Morgan fingerprint density at radius 2 is 1.67 bits per heavy atom. The molecule has 0 N–H and O–H groups in total. The van der Waals surface area contributed by atoms with E-state index in [1.165, 1.54) is 18.2 Å². The van der Waals surface area contributed by atoms with Gasteiger partial charge in [-0.2, -0.15) is 0 Å². The Balaban J connectivity index is 2.59. The number of benzene rings is 2. The van der Waals surface area contributed by atoms with Crippen molar-refractivity contribution in [2.45, 2.75) is 0 Å². The molecular weight excluding hydrogens is 218 g/mol. The molecule has 2 aromatic carbocycles. The Labute approximate surface area is 91.1 Å². The first-order valence-electron chi connectivity index (χ1n) is 4.38. The van der Waals surface area contributed by atoms with Gasteiger partial charge < -0.3 is 0 Å². The molecule has 0 aromatic heterocycles. The summed E-state index contributed by atoms with van der Waals surface area (Å²) in [6.07, 6.45) is 0. The Hall–Kier alpha value is -1.41. The third-order valence-electron chi connectivity index (χ3n) is 2.09. The lowest BCUT2D eigenvalue weighted by atomic mass is 10.1. The van der Waals surface area contributed by atoms with Gasteiger partial charge in [0, 0.05) is 5.56 Å². The minimum atomic E-state index is -0.501. The molecule has 0 heterocycles. The molecule has 0 fully saturated rings. The van der Waals surface area contributed by atoms with Crippen molar-refractivity contribution in [2.24, 2.45) is 0 Å². The van der Waals surface area contributed by atoms with Crippen molar-refractivity contribution in [3.8, 4) is 11.1 Å². The van der Waals surface area contributed by atoms with Crippen molar-refractivity contribution < 1.29 is 8.78 Å². The van der Waals surface area contributed by atoms with E-state index < -0.39 is 5.82 Å². The van der Waals surface area contributed by atoms with Gasteiger partial charge in [-0.25, -0.2) is 8.78 Å². The predicted molar refractivity (Wildman–Crippen MR) is 56.8 cm³/mol. The fourth-order valence-corrected chi connectivity index (χ4v) is 1.62. The number of rotatable bonds is 1. The molecule has 3 heteroatoms. The smallest absolute Gasteiger partial charge is 0.142 e. The Morgan fingerprint density at radius 1 is 0.933 bits per heavy atom. The third-order valence-corrected chi connectivity index (χ3v) is 2.47. The highest BCUT2D eigenvalue weighted by Gasteiger charge is 2.07. The number of hydrogen-bond donors (Lipinski definition) is 0. The van der Waals surface area contributed by atoms with Crippen LogP contribution in [0, 0.1) is 11.6 Å². The van der Waals surface area contributed by atoms with Gasteiger partial charge in [0.2, 0.25) is 0 Å². The van der Waals surface area contributed by atoms with Crippen molar-refractivity contribution >= 4 is 11.6 Å². The minimum absolute atomic E-state index is 0.0168. The molecule has 0 unspecified atom stereocenters. The van der Waals surface area contributed by atoms with E-state index >= 15 is 0 Å². The Kier molecular flexibility index (Phi) is 2.69. The van der Waals surface area contributed by atoms with E-state index in [4.69, 9.17) is 11.6 Å². The predicted octanol–water partition coefficient (Wildman–Crippen LogP) is 4.29. The molecule has 0 spiro atoms. The molecule has 2 rings (SSSR count). The summed E-state index contributed by atoms with van der Waals surface area (Å²) in [7, 11) is 0. The molecular formula is C12H7ClF2. The standard InChI is InChI=1S/C12H7ClF2/c13-12-10(5-2-6-11(12)15)8-3-1-4-9(14)7-8/h1-7H. The maximum atomic E-state index is 13.1. The Bertz CT molecular complexity index is 495. The normalized spacial score (nSPS) is 10.3. The van der Waals surface area contributed by atoms with E-state index in [1.54, 1.807) is 24.3 Å². The molecule has 0 radical (unpaired) electrons. The summed E-state index contributed by atoms with van der Waals surface area (Å²) in [5.74, 6) is -0.869. The zero-order chi connectivity index (χ0) is 10.8. The molecule has 0 aliphatic rings. The van der Waals surface area contributed by atoms with Crippen LogP contribution in [-0.4, -0.2) is 0 Å². The molecule has 76 valence electrons. The van der Waals surface area contributed by atoms with Crippen molar-refractivity contribution in [2.75, 3.05) is 0 Å². The summed E-state index contributed by atoms with van der Waals surface area (Å²) in [6, 6.07) is 10.4. The lowest BCUT2D eigenvalue weighted by Gasteiger charge is -2.04. The van der Waals surface area contributed by atoms with E-state index in [1.807, 2.05) is 0 Å². The monoisotopic (exact) mass is 224 g/mol. The van der Waals surface area contributed by atoms with E-state index in [0.717, 1.165) is 0 Å². The van der Waals surface area contributed by atoms with Crippen LogP contribution >= 0.6 is 11.6 Å². The van der Waals surface area contributed by atoms with Crippen molar-refractivity contribution in [3.05, 3.63) is 59.1 Å². The molecule has 0 amide bonds. The summed E-state index contributed by atoms with van der Waals surface area (Å²) in [5.41, 5.74) is 1.07. The fraction of sp³-hybridized carbons (Fsp3) is 0. The first-order chi connectivity index (χ1) is 7.18. The van der Waals surface area contributed by atoms with E-state index in [9.17, 15) is 8.78 Å². The van der Waals surface area contributed by atoms with Crippen molar-refractivity contribution in [1.29, 1.82) is 0 Å². The zero-order valence-electron chi connectivity index (χ0n) is 7.68. The average molecular weight is 225 g/mol. The van der Waals surface area contributed by atoms with Crippen LogP contribution in [0.25, 0.3) is 11.1 Å². The van der Waals surface area contributed by atoms with Crippen molar-refractivity contribution in [3.63, 3.8) is 0 Å². The van der Waals surface area contributed by atoms with Crippen LogP contribution in [0.1, 0.15) is 0 Å². The van der Waals surface area contributed by atoms with Gasteiger partial charge in [0.1, 0.15) is 11.6 Å². The first-order valence-corrected chi connectivity index (χ1v) is 4.76. The van der Waals surface area contributed by atoms with Gasteiger partial charge in [-0.1, -0.05) is 35.9 Å². The molecule has 0 aliphatic carbocycles. The lowest BCUT2D eigenvalue weighted by molar-refractivity contribution is 0.626. The quantitative estimate of drug-likeness (QED) is 0.678. The molecule has 2 aromatic rings. The SMILES string of the molecule is Fc1cccc(-c2cccc(F)c2Cl)c1. The van der Waals surface area contributed by atoms with Crippen molar-refractivity contribution in [1.82, 2.24) is 0 Å². The fourth-order valence-electron chi connectivity index (χ4n) is 1.38. The van der Waals surface area contributed by atoms with Crippen LogP contribution in [0.4, 0.5) is 8.78 Å². The molecule has 0 nitrogen and oxygen atoms in total. The maximum Gasteiger partial charge on any atom is 0.142 e. The average Bonchev–Trinajstić information content (AvgIpc) is 2.22. The van der Waals surface area contributed by atoms with Gasteiger partial charge in [0.15, 0.2) is 0 Å². The van der Waals surface area contributed by atoms with Crippen LogP contribution < -0.4 is 0 Å². The third kappa shape index (κ3) is 2.00. The van der Waals surface area contributed by atoms with E-state index in [0.29, 0.717) is 11.1 Å². The number of hydrogen-bond acceptors (Lipinski definition) is 0. The second-order valence-corrected chi connectivity index (χ2v) is 3.49. The molecule has 0 aliphatic heterocycles. The van der Waals surface area contributed by atoms with E-state index in [2.05, 4.69) is 0 Å². The topological polar surface area (TPSA) is 0 Å². The first kappa shape index (κ1) is 10.1. The maximum absolute atomic E-state index is 13.1. The van der Waals surface area contributed by atoms with Gasteiger partial charge in [-0.15, -0.1) is 0 Å². The van der Waals surface area contributed by atoms with Crippen LogP contribution in [0.3, 0.4) is 0 Å². The molecule has 0 atom stereocenters. The summed E-state index contributed by atoms with van der Waals surface area (Å²) < 4.78 is 26.1. The highest BCUT2D eigenvalue weighted by molar-refractivity contribution is 6.33. The van der Waals surface area contributed by atoms with Crippen LogP contribution in [-0.2, 0) is 0 Å². The molecule has 15 heavy (non-hydrogen) atoms. The lowest BCUT2D eigenvalue weighted by Crippen LogP contribution is -1.84. The summed E-state index contributed by atoms with van der Waals surface area (Å²) in [5, 5.41) is 0.0168. The van der Waals surface area contributed by atoms with Gasteiger partial charge >= 0.3 is 0 Å².